The second kappa shape index (κ2) is 18.0. The van der Waals surface area contributed by atoms with E-state index in [-0.39, 0.29) is 0 Å². The van der Waals surface area contributed by atoms with Crippen LogP contribution in [-0.4, -0.2) is 11.7 Å². The Bertz CT molecular complexity index is 179. The molecular formula is C20H42O. The highest BCUT2D eigenvalue weighted by Gasteiger charge is 2.01. The summed E-state index contributed by atoms with van der Waals surface area (Å²) in [4.78, 5) is 0. The molecule has 0 aromatic heterocycles. The van der Waals surface area contributed by atoms with Crippen LogP contribution < -0.4 is 0 Å². The van der Waals surface area contributed by atoms with Gasteiger partial charge in [-0.1, -0.05) is 110 Å². The van der Waals surface area contributed by atoms with Crippen molar-refractivity contribution in [3.63, 3.8) is 0 Å². The summed E-state index contributed by atoms with van der Waals surface area (Å²) in [6.45, 7) is 5.10. The van der Waals surface area contributed by atoms with E-state index in [1.165, 1.54) is 96.3 Å². The van der Waals surface area contributed by atoms with Crippen LogP contribution in [0.4, 0.5) is 0 Å². The summed E-state index contributed by atoms with van der Waals surface area (Å²) in [6, 6.07) is 0. The number of aliphatic hydroxyl groups excluding tert-OH is 1. The van der Waals surface area contributed by atoms with Gasteiger partial charge in [0.1, 0.15) is 0 Å². The van der Waals surface area contributed by atoms with Gasteiger partial charge in [0.15, 0.2) is 0 Å². The first kappa shape index (κ1) is 21.0. The Morgan fingerprint density at radius 1 is 0.571 bits per heavy atom. The number of aliphatic hydroxyl groups is 1. The molecule has 1 heteroatoms. The number of rotatable bonds is 17. The Morgan fingerprint density at radius 2 is 0.952 bits per heavy atom. The van der Waals surface area contributed by atoms with Crippen molar-refractivity contribution in [3.8, 4) is 0 Å². The van der Waals surface area contributed by atoms with Crippen molar-refractivity contribution in [2.75, 3.05) is 6.61 Å². The van der Waals surface area contributed by atoms with Crippen LogP contribution in [0.25, 0.3) is 0 Å². The largest absolute Gasteiger partial charge is 0.396 e. The molecule has 0 aliphatic rings. The van der Waals surface area contributed by atoms with Crippen LogP contribution in [0.2, 0.25) is 0 Å². The molecule has 0 saturated heterocycles. The predicted molar refractivity (Wildman–Crippen MR) is 95.8 cm³/mol. The number of hydrogen-bond acceptors (Lipinski definition) is 1. The van der Waals surface area contributed by atoms with Crippen LogP contribution in [0.1, 0.15) is 117 Å². The third kappa shape index (κ3) is 17.9. The lowest BCUT2D eigenvalue weighted by Gasteiger charge is -2.10. The summed E-state index contributed by atoms with van der Waals surface area (Å²) in [6.07, 6.45) is 22.1. The van der Waals surface area contributed by atoms with E-state index in [0.717, 1.165) is 12.3 Å². The summed E-state index contributed by atoms with van der Waals surface area (Å²) < 4.78 is 0. The van der Waals surface area contributed by atoms with Gasteiger partial charge < -0.3 is 5.11 Å². The number of hydrogen-bond donors (Lipinski definition) is 1. The Kier molecular flexibility index (Phi) is 18.0. The van der Waals surface area contributed by atoms with Gasteiger partial charge >= 0.3 is 0 Å². The van der Waals surface area contributed by atoms with Crippen molar-refractivity contribution in [2.45, 2.75) is 117 Å². The molecule has 128 valence electrons. The molecule has 1 atom stereocenters. The van der Waals surface area contributed by atoms with E-state index in [2.05, 4.69) is 13.8 Å². The maximum atomic E-state index is 8.70. The molecular weight excluding hydrogens is 256 g/mol. The van der Waals surface area contributed by atoms with Crippen molar-refractivity contribution in [2.24, 2.45) is 5.92 Å². The molecule has 0 aliphatic carbocycles. The van der Waals surface area contributed by atoms with Gasteiger partial charge in [0, 0.05) is 6.61 Å². The molecule has 0 spiro atoms. The third-order valence-corrected chi connectivity index (χ3v) is 4.66. The fourth-order valence-electron chi connectivity index (χ4n) is 3.08. The predicted octanol–water partition coefficient (Wildman–Crippen LogP) is 6.88. The summed E-state index contributed by atoms with van der Waals surface area (Å²) in [7, 11) is 0. The molecule has 21 heavy (non-hydrogen) atoms. The Labute approximate surface area is 134 Å². The van der Waals surface area contributed by atoms with Crippen molar-refractivity contribution >= 4 is 0 Å². The van der Waals surface area contributed by atoms with E-state index in [4.69, 9.17) is 5.11 Å². The summed E-state index contributed by atoms with van der Waals surface area (Å²) in [5, 5.41) is 8.70. The standard InChI is InChI=1S/C20H42O/c1-3-4-14-17-20(2)18-15-12-10-8-6-5-7-9-11-13-16-19-21/h20-21H,3-19H2,1-2H3. The normalized spacial score (nSPS) is 12.7. The molecule has 0 aromatic rings. The Balaban J connectivity index is 3.05. The highest BCUT2D eigenvalue weighted by atomic mass is 16.2. The minimum atomic E-state index is 0.372. The lowest BCUT2D eigenvalue weighted by molar-refractivity contribution is 0.282. The molecule has 0 amide bonds. The van der Waals surface area contributed by atoms with E-state index >= 15 is 0 Å². The molecule has 0 heterocycles. The lowest BCUT2D eigenvalue weighted by atomic mass is 9.96. The smallest absolute Gasteiger partial charge is 0.0431 e. The van der Waals surface area contributed by atoms with Crippen molar-refractivity contribution in [1.29, 1.82) is 0 Å². The molecule has 1 unspecified atom stereocenters. The van der Waals surface area contributed by atoms with Crippen LogP contribution in [0.15, 0.2) is 0 Å². The third-order valence-electron chi connectivity index (χ3n) is 4.66. The minimum absolute atomic E-state index is 0.372. The van der Waals surface area contributed by atoms with Crippen molar-refractivity contribution in [1.82, 2.24) is 0 Å². The van der Waals surface area contributed by atoms with E-state index in [0.29, 0.717) is 6.61 Å². The second-order valence-electron chi connectivity index (χ2n) is 7.00. The minimum Gasteiger partial charge on any atom is -0.396 e. The molecule has 0 radical (unpaired) electrons. The molecule has 1 nitrogen and oxygen atoms in total. The molecule has 0 rings (SSSR count). The van der Waals surface area contributed by atoms with E-state index in [1.807, 2.05) is 0 Å². The lowest BCUT2D eigenvalue weighted by Crippen LogP contribution is -1.94. The first-order valence-corrected chi connectivity index (χ1v) is 9.92. The first-order chi connectivity index (χ1) is 10.3. The van der Waals surface area contributed by atoms with Crippen molar-refractivity contribution in [3.05, 3.63) is 0 Å². The zero-order valence-corrected chi connectivity index (χ0v) is 15.0. The second-order valence-corrected chi connectivity index (χ2v) is 7.00. The van der Waals surface area contributed by atoms with Gasteiger partial charge in [-0.05, 0) is 12.3 Å². The quantitative estimate of drug-likeness (QED) is 0.290. The molecule has 0 bridgehead atoms. The molecule has 0 aliphatic heterocycles. The van der Waals surface area contributed by atoms with E-state index in [9.17, 15) is 0 Å². The SMILES string of the molecule is CCCCCC(C)CCCCCCCCCCCCCO. The van der Waals surface area contributed by atoms with Crippen LogP contribution in [-0.2, 0) is 0 Å². The zero-order chi connectivity index (χ0) is 15.6. The fraction of sp³-hybridized carbons (Fsp3) is 1.00. The molecule has 0 aromatic carbocycles. The van der Waals surface area contributed by atoms with Crippen LogP contribution in [0.3, 0.4) is 0 Å². The highest BCUT2D eigenvalue weighted by Crippen LogP contribution is 2.18. The average Bonchev–Trinajstić information content (AvgIpc) is 2.48. The summed E-state index contributed by atoms with van der Waals surface area (Å²) in [5.41, 5.74) is 0. The van der Waals surface area contributed by atoms with Gasteiger partial charge in [-0.2, -0.15) is 0 Å². The Morgan fingerprint density at radius 3 is 1.38 bits per heavy atom. The van der Waals surface area contributed by atoms with Crippen LogP contribution in [0.5, 0.6) is 0 Å². The van der Waals surface area contributed by atoms with Crippen molar-refractivity contribution < 1.29 is 5.11 Å². The zero-order valence-electron chi connectivity index (χ0n) is 15.0. The summed E-state index contributed by atoms with van der Waals surface area (Å²) in [5.74, 6) is 0.954. The molecule has 1 N–H and O–H groups in total. The summed E-state index contributed by atoms with van der Waals surface area (Å²) >= 11 is 0. The van der Waals surface area contributed by atoms with Crippen LogP contribution >= 0.6 is 0 Å². The monoisotopic (exact) mass is 298 g/mol. The highest BCUT2D eigenvalue weighted by molar-refractivity contribution is 4.55. The average molecular weight is 299 g/mol. The van der Waals surface area contributed by atoms with Gasteiger partial charge in [-0.15, -0.1) is 0 Å². The first-order valence-electron chi connectivity index (χ1n) is 9.92. The number of unbranched alkanes of at least 4 members (excludes halogenated alkanes) is 12. The topological polar surface area (TPSA) is 20.2 Å². The van der Waals surface area contributed by atoms with Gasteiger partial charge in [-0.25, -0.2) is 0 Å². The van der Waals surface area contributed by atoms with Gasteiger partial charge in [-0.3, -0.25) is 0 Å². The van der Waals surface area contributed by atoms with Gasteiger partial charge in [0.05, 0.1) is 0 Å². The maximum Gasteiger partial charge on any atom is 0.0431 e. The van der Waals surface area contributed by atoms with Crippen LogP contribution in [0, 0.1) is 5.92 Å². The van der Waals surface area contributed by atoms with Gasteiger partial charge in [0.2, 0.25) is 0 Å². The van der Waals surface area contributed by atoms with Gasteiger partial charge in [0.25, 0.3) is 0 Å². The van der Waals surface area contributed by atoms with E-state index < -0.39 is 0 Å². The maximum absolute atomic E-state index is 8.70. The molecule has 0 saturated carbocycles. The Hall–Kier alpha value is -0.0400. The molecule has 0 fully saturated rings. The fourth-order valence-corrected chi connectivity index (χ4v) is 3.08. The van der Waals surface area contributed by atoms with E-state index in [1.54, 1.807) is 0 Å².